The maximum Gasteiger partial charge on any atom is 0.268 e. The highest BCUT2D eigenvalue weighted by atomic mass is 16.2. The average molecular weight is 383 g/mol. The van der Waals surface area contributed by atoms with Crippen LogP contribution in [0.15, 0.2) is 23.3 Å². The Morgan fingerprint density at radius 2 is 1.96 bits per heavy atom. The molecule has 2 N–H and O–H groups in total. The van der Waals surface area contributed by atoms with E-state index in [2.05, 4.69) is 27.7 Å². The van der Waals surface area contributed by atoms with Crippen molar-refractivity contribution in [2.24, 2.45) is 5.10 Å². The van der Waals surface area contributed by atoms with E-state index in [1.54, 1.807) is 4.90 Å². The van der Waals surface area contributed by atoms with Gasteiger partial charge in [0.05, 0.1) is 12.1 Å². The first-order chi connectivity index (χ1) is 13.5. The van der Waals surface area contributed by atoms with E-state index < -0.39 is 6.17 Å². The molecule has 1 saturated carbocycles. The molecule has 2 heterocycles. The Hall–Kier alpha value is -2.57. The van der Waals surface area contributed by atoms with Gasteiger partial charge in [0.1, 0.15) is 12.4 Å². The SMILES string of the molecule is CCC1=NNC2C(=O)N(CC(=O)Nc3ccc(C)c(C)c3)C3CCCCC3N12. The topological polar surface area (TPSA) is 77.0 Å². The molecule has 2 fully saturated rings. The Morgan fingerprint density at radius 3 is 2.68 bits per heavy atom. The lowest BCUT2D eigenvalue weighted by atomic mass is 9.85. The van der Waals surface area contributed by atoms with E-state index in [-0.39, 0.29) is 30.4 Å². The Labute approximate surface area is 166 Å². The first kappa shape index (κ1) is 18.8. The van der Waals surface area contributed by atoms with E-state index in [4.69, 9.17) is 0 Å². The molecule has 3 aliphatic rings. The maximum absolute atomic E-state index is 13.2. The van der Waals surface area contributed by atoms with Gasteiger partial charge < -0.3 is 15.1 Å². The van der Waals surface area contributed by atoms with Crippen molar-refractivity contribution in [2.45, 2.75) is 71.1 Å². The number of nitrogens with zero attached hydrogens (tertiary/aromatic N) is 3. The molecule has 2 aliphatic heterocycles. The van der Waals surface area contributed by atoms with Gasteiger partial charge in [-0.15, -0.1) is 0 Å². The van der Waals surface area contributed by atoms with Crippen molar-refractivity contribution in [1.82, 2.24) is 15.2 Å². The fourth-order valence-corrected chi connectivity index (χ4v) is 4.69. The quantitative estimate of drug-likeness (QED) is 0.837. The van der Waals surface area contributed by atoms with Gasteiger partial charge in [0.15, 0.2) is 6.17 Å². The van der Waals surface area contributed by atoms with Crippen LogP contribution >= 0.6 is 0 Å². The van der Waals surface area contributed by atoms with Crippen molar-refractivity contribution in [3.8, 4) is 0 Å². The molecular formula is C21H29N5O2. The summed E-state index contributed by atoms with van der Waals surface area (Å²) in [4.78, 5) is 29.9. The summed E-state index contributed by atoms with van der Waals surface area (Å²) < 4.78 is 0. The largest absolute Gasteiger partial charge is 0.325 e. The molecule has 28 heavy (non-hydrogen) atoms. The lowest BCUT2D eigenvalue weighted by Crippen LogP contribution is -2.69. The van der Waals surface area contributed by atoms with Crippen molar-refractivity contribution in [3.05, 3.63) is 29.3 Å². The number of nitrogens with one attached hydrogen (secondary N) is 2. The van der Waals surface area contributed by atoms with Crippen LogP contribution in [0.5, 0.6) is 0 Å². The highest BCUT2D eigenvalue weighted by Gasteiger charge is 2.50. The minimum atomic E-state index is -0.469. The summed E-state index contributed by atoms with van der Waals surface area (Å²) in [7, 11) is 0. The zero-order chi connectivity index (χ0) is 19.8. The Bertz CT molecular complexity index is 821. The molecule has 3 unspecified atom stereocenters. The third kappa shape index (κ3) is 3.23. The third-order valence-corrected chi connectivity index (χ3v) is 6.28. The zero-order valence-corrected chi connectivity index (χ0v) is 16.9. The number of aryl methyl sites for hydroxylation is 2. The van der Waals surface area contributed by atoms with Crippen molar-refractivity contribution in [1.29, 1.82) is 0 Å². The smallest absolute Gasteiger partial charge is 0.268 e. The molecule has 7 nitrogen and oxygen atoms in total. The van der Waals surface area contributed by atoms with Crippen LogP contribution in [0.25, 0.3) is 0 Å². The second-order valence-electron chi connectivity index (χ2n) is 8.05. The summed E-state index contributed by atoms with van der Waals surface area (Å²) in [5, 5.41) is 7.34. The van der Waals surface area contributed by atoms with Crippen LogP contribution in [0, 0.1) is 13.8 Å². The molecule has 1 aromatic rings. The average Bonchev–Trinajstić information content (AvgIpc) is 3.12. The molecule has 3 atom stereocenters. The fraction of sp³-hybridized carbons (Fsp3) is 0.571. The molecule has 7 heteroatoms. The number of anilines is 1. The van der Waals surface area contributed by atoms with Crippen molar-refractivity contribution < 1.29 is 9.59 Å². The molecule has 1 aliphatic carbocycles. The molecule has 0 bridgehead atoms. The second-order valence-corrected chi connectivity index (χ2v) is 8.05. The zero-order valence-electron chi connectivity index (χ0n) is 16.9. The minimum Gasteiger partial charge on any atom is -0.325 e. The van der Waals surface area contributed by atoms with Gasteiger partial charge in [0.2, 0.25) is 5.91 Å². The first-order valence-corrected chi connectivity index (χ1v) is 10.3. The van der Waals surface area contributed by atoms with Gasteiger partial charge in [-0.25, -0.2) is 0 Å². The van der Waals surface area contributed by atoms with Crippen LogP contribution < -0.4 is 10.7 Å². The highest BCUT2D eigenvalue weighted by molar-refractivity contribution is 5.98. The number of hydrogen-bond acceptors (Lipinski definition) is 5. The van der Waals surface area contributed by atoms with Crippen LogP contribution in [0.4, 0.5) is 5.69 Å². The summed E-state index contributed by atoms with van der Waals surface area (Å²) in [5.74, 6) is 0.754. The summed E-state index contributed by atoms with van der Waals surface area (Å²) >= 11 is 0. The molecule has 150 valence electrons. The van der Waals surface area contributed by atoms with Crippen LogP contribution in [-0.2, 0) is 9.59 Å². The number of piperazine rings is 1. The first-order valence-electron chi connectivity index (χ1n) is 10.3. The lowest BCUT2D eigenvalue weighted by Gasteiger charge is -2.51. The molecule has 4 rings (SSSR count). The molecule has 0 aromatic heterocycles. The van der Waals surface area contributed by atoms with E-state index >= 15 is 0 Å². The number of fused-ring (bicyclic) bond motifs is 3. The number of rotatable bonds is 4. The van der Waals surface area contributed by atoms with Gasteiger partial charge in [0, 0.05) is 12.1 Å². The Morgan fingerprint density at radius 1 is 1.21 bits per heavy atom. The van der Waals surface area contributed by atoms with Gasteiger partial charge >= 0.3 is 0 Å². The normalized spacial score (nSPS) is 26.3. The number of carbonyl (C=O) groups excluding carboxylic acids is 2. The molecular weight excluding hydrogens is 354 g/mol. The van der Waals surface area contributed by atoms with Crippen molar-refractivity contribution >= 4 is 23.3 Å². The van der Waals surface area contributed by atoms with Gasteiger partial charge in [0.25, 0.3) is 5.91 Å². The predicted molar refractivity (Wildman–Crippen MR) is 109 cm³/mol. The van der Waals surface area contributed by atoms with Gasteiger partial charge in [-0.3, -0.25) is 15.0 Å². The predicted octanol–water partition coefficient (Wildman–Crippen LogP) is 2.35. The highest BCUT2D eigenvalue weighted by Crippen LogP contribution is 2.35. The van der Waals surface area contributed by atoms with Crippen molar-refractivity contribution in [2.75, 3.05) is 11.9 Å². The monoisotopic (exact) mass is 383 g/mol. The van der Waals surface area contributed by atoms with Crippen molar-refractivity contribution in [3.63, 3.8) is 0 Å². The fourth-order valence-electron chi connectivity index (χ4n) is 4.69. The van der Waals surface area contributed by atoms with E-state index in [0.717, 1.165) is 49.2 Å². The number of hydrazone groups is 1. The number of amidine groups is 1. The standard InChI is InChI=1S/C21H29N5O2/c1-4-18-23-24-20-21(28)25(16-7-5-6-8-17(16)26(18)20)12-19(27)22-15-10-9-13(2)14(3)11-15/h9-11,16-17,20,24H,4-8,12H2,1-3H3,(H,22,27). The number of benzene rings is 1. The summed E-state index contributed by atoms with van der Waals surface area (Å²) in [6.45, 7) is 6.22. The van der Waals surface area contributed by atoms with Crippen LogP contribution in [0.1, 0.15) is 50.2 Å². The third-order valence-electron chi connectivity index (χ3n) is 6.28. The molecule has 1 aromatic carbocycles. The number of amides is 2. The van der Waals surface area contributed by atoms with Gasteiger partial charge in [-0.1, -0.05) is 25.8 Å². The van der Waals surface area contributed by atoms with Gasteiger partial charge in [-0.2, -0.15) is 5.10 Å². The van der Waals surface area contributed by atoms with E-state index in [1.807, 2.05) is 32.0 Å². The Kier molecular flexibility index (Phi) is 5.00. The maximum atomic E-state index is 13.2. The molecule has 0 spiro atoms. The minimum absolute atomic E-state index is 0.0504. The number of carbonyl (C=O) groups is 2. The van der Waals surface area contributed by atoms with Crippen LogP contribution in [0.2, 0.25) is 0 Å². The second kappa shape index (κ2) is 7.45. The van der Waals surface area contributed by atoms with E-state index in [0.29, 0.717) is 0 Å². The summed E-state index contributed by atoms with van der Waals surface area (Å²) in [5.41, 5.74) is 6.09. The van der Waals surface area contributed by atoms with Crippen LogP contribution in [-0.4, -0.2) is 52.2 Å². The van der Waals surface area contributed by atoms with E-state index in [9.17, 15) is 9.59 Å². The molecule has 0 radical (unpaired) electrons. The summed E-state index contributed by atoms with van der Waals surface area (Å²) in [6.07, 6.45) is 4.54. The van der Waals surface area contributed by atoms with Gasteiger partial charge in [-0.05, 0) is 49.9 Å². The Balaban J connectivity index is 1.51. The van der Waals surface area contributed by atoms with E-state index in [1.165, 1.54) is 5.56 Å². The molecule has 2 amide bonds. The molecule has 1 saturated heterocycles. The number of hydrogen-bond donors (Lipinski definition) is 2. The lowest BCUT2D eigenvalue weighted by molar-refractivity contribution is -0.151. The van der Waals surface area contributed by atoms with Crippen LogP contribution in [0.3, 0.4) is 0 Å². The summed E-state index contributed by atoms with van der Waals surface area (Å²) in [6, 6.07) is 6.18.